The van der Waals surface area contributed by atoms with Crippen molar-refractivity contribution in [2.45, 2.75) is 0 Å². The Balaban J connectivity index is 2.90. The van der Waals surface area contributed by atoms with Crippen molar-refractivity contribution in [3.8, 4) is 0 Å². The summed E-state index contributed by atoms with van der Waals surface area (Å²) in [6.45, 7) is 0. The molecule has 0 saturated carbocycles. The van der Waals surface area contributed by atoms with E-state index >= 15 is 0 Å². The lowest BCUT2D eigenvalue weighted by molar-refractivity contribution is 0.0592. The number of ether oxygens (including phenoxy) is 1. The number of carbonyl (C=O) groups is 1. The normalized spacial score (nSPS) is 10.5. The summed E-state index contributed by atoms with van der Waals surface area (Å²) < 4.78 is 7.31. The van der Waals surface area contributed by atoms with E-state index in [0.29, 0.717) is 5.52 Å². The zero-order valence-corrected chi connectivity index (χ0v) is 8.43. The van der Waals surface area contributed by atoms with Crippen LogP contribution >= 0.6 is 0 Å². The number of aromatic nitrogens is 2. The van der Waals surface area contributed by atoms with E-state index in [-0.39, 0.29) is 11.4 Å². The summed E-state index contributed by atoms with van der Waals surface area (Å²) in [7, 11) is 2.83. The van der Waals surface area contributed by atoms with Gasteiger partial charge in [-0.05, 0) is 12.1 Å². The van der Waals surface area contributed by atoms with Crippen molar-refractivity contribution in [2.75, 3.05) is 7.11 Å². The van der Waals surface area contributed by atoms with E-state index in [0.717, 1.165) is 0 Å². The second kappa shape index (κ2) is 3.27. The van der Waals surface area contributed by atoms with Gasteiger partial charge in [0.2, 0.25) is 0 Å². The topological polar surface area (TPSA) is 52.7 Å². The molecular weight excluding hydrogens is 196 g/mol. The fraction of sp³-hybridized carbons (Fsp3) is 0.200. The van der Waals surface area contributed by atoms with E-state index in [1.54, 1.807) is 31.4 Å². The zero-order valence-electron chi connectivity index (χ0n) is 8.43. The molecule has 0 aromatic carbocycles. The van der Waals surface area contributed by atoms with Crippen molar-refractivity contribution in [1.29, 1.82) is 0 Å². The van der Waals surface area contributed by atoms with Gasteiger partial charge in [0.1, 0.15) is 0 Å². The minimum Gasteiger partial charge on any atom is -0.464 e. The van der Waals surface area contributed by atoms with Crippen molar-refractivity contribution in [1.82, 2.24) is 8.97 Å². The maximum absolute atomic E-state index is 11.7. The molecule has 2 rings (SSSR count). The summed E-state index contributed by atoms with van der Waals surface area (Å²) in [6.07, 6.45) is 1.62. The van der Waals surface area contributed by atoms with Crippen molar-refractivity contribution in [3.63, 3.8) is 0 Å². The molecule has 2 aromatic rings. The maximum Gasteiger partial charge on any atom is 0.357 e. The van der Waals surface area contributed by atoms with Crippen LogP contribution in [-0.4, -0.2) is 22.0 Å². The van der Waals surface area contributed by atoms with E-state index in [1.165, 1.54) is 16.1 Å². The first-order valence-corrected chi connectivity index (χ1v) is 4.41. The number of nitrogens with zero attached hydrogens (tertiary/aromatic N) is 2. The molecule has 2 heterocycles. The number of hydrogen-bond acceptors (Lipinski definition) is 3. The fourth-order valence-electron chi connectivity index (χ4n) is 1.57. The lowest BCUT2D eigenvalue weighted by Gasteiger charge is -1.98. The van der Waals surface area contributed by atoms with Crippen LogP contribution < -0.4 is 5.69 Å². The molecule has 0 unspecified atom stereocenters. The Labute approximate surface area is 85.5 Å². The van der Waals surface area contributed by atoms with Gasteiger partial charge in [0, 0.05) is 13.2 Å². The number of fused-ring (bicyclic) bond motifs is 1. The van der Waals surface area contributed by atoms with Gasteiger partial charge < -0.3 is 4.74 Å². The molecule has 0 saturated heterocycles. The highest BCUT2D eigenvalue weighted by Crippen LogP contribution is 2.09. The monoisotopic (exact) mass is 206 g/mol. The molecule has 0 aliphatic rings. The molecule has 0 radical (unpaired) electrons. The molecular formula is C10H10N2O3. The Morgan fingerprint density at radius 1 is 1.40 bits per heavy atom. The number of methoxy groups -OCH3 is 1. The smallest absolute Gasteiger partial charge is 0.357 e. The SMILES string of the molecule is COC(=O)c1c2ccccn2c(=O)n1C. The number of carbonyl (C=O) groups excluding carboxylic acids is 1. The average molecular weight is 206 g/mol. The minimum absolute atomic E-state index is 0.258. The van der Waals surface area contributed by atoms with Crippen LogP contribution in [0.2, 0.25) is 0 Å². The van der Waals surface area contributed by atoms with Gasteiger partial charge in [-0.1, -0.05) is 6.07 Å². The summed E-state index contributed by atoms with van der Waals surface area (Å²) in [5.74, 6) is -0.511. The second-order valence-electron chi connectivity index (χ2n) is 3.14. The first kappa shape index (κ1) is 9.51. The fourth-order valence-corrected chi connectivity index (χ4v) is 1.57. The molecule has 5 nitrogen and oxygen atoms in total. The second-order valence-corrected chi connectivity index (χ2v) is 3.14. The Bertz CT molecular complexity index is 580. The Morgan fingerprint density at radius 3 is 2.80 bits per heavy atom. The molecule has 5 heteroatoms. The first-order valence-electron chi connectivity index (χ1n) is 4.41. The summed E-state index contributed by atoms with van der Waals surface area (Å²) >= 11 is 0. The highest BCUT2D eigenvalue weighted by Gasteiger charge is 2.18. The largest absolute Gasteiger partial charge is 0.464 e. The van der Waals surface area contributed by atoms with Crippen LogP contribution in [-0.2, 0) is 11.8 Å². The van der Waals surface area contributed by atoms with Gasteiger partial charge in [0.25, 0.3) is 0 Å². The number of hydrogen-bond donors (Lipinski definition) is 0. The standard InChI is InChI=1S/C10H10N2O3/c1-11-8(9(13)15-2)7-5-3-4-6-12(7)10(11)14/h3-6H,1-2H3. The van der Waals surface area contributed by atoms with E-state index in [1.807, 2.05) is 0 Å². The van der Waals surface area contributed by atoms with Crippen LogP contribution in [0.25, 0.3) is 5.52 Å². The van der Waals surface area contributed by atoms with Crippen LogP contribution in [0, 0.1) is 0 Å². The number of rotatable bonds is 1. The van der Waals surface area contributed by atoms with Gasteiger partial charge in [-0.25, -0.2) is 9.59 Å². The Kier molecular flexibility index (Phi) is 2.07. The third-order valence-corrected chi connectivity index (χ3v) is 2.31. The summed E-state index contributed by atoms with van der Waals surface area (Å²) in [5.41, 5.74) is 0.561. The molecule has 0 atom stereocenters. The molecule has 2 aromatic heterocycles. The molecule has 0 bridgehead atoms. The molecule has 15 heavy (non-hydrogen) atoms. The Hall–Kier alpha value is -2.04. The van der Waals surface area contributed by atoms with E-state index in [2.05, 4.69) is 4.74 Å². The maximum atomic E-state index is 11.7. The van der Waals surface area contributed by atoms with E-state index in [4.69, 9.17) is 0 Å². The quantitative estimate of drug-likeness (QED) is 0.635. The minimum atomic E-state index is -0.511. The summed E-state index contributed by atoms with van der Waals surface area (Å²) in [6, 6.07) is 5.20. The third-order valence-electron chi connectivity index (χ3n) is 2.31. The Morgan fingerprint density at radius 2 is 2.13 bits per heavy atom. The van der Waals surface area contributed by atoms with E-state index < -0.39 is 5.97 Å². The van der Waals surface area contributed by atoms with Gasteiger partial charge in [0.05, 0.1) is 12.6 Å². The van der Waals surface area contributed by atoms with Gasteiger partial charge in [-0.3, -0.25) is 8.97 Å². The van der Waals surface area contributed by atoms with Crippen molar-refractivity contribution >= 4 is 11.5 Å². The number of imidazole rings is 1. The summed E-state index contributed by atoms with van der Waals surface area (Å²) in [5, 5.41) is 0. The lowest BCUT2D eigenvalue weighted by Crippen LogP contribution is -2.19. The van der Waals surface area contributed by atoms with E-state index in [9.17, 15) is 9.59 Å². The van der Waals surface area contributed by atoms with Crippen molar-refractivity contribution in [2.24, 2.45) is 7.05 Å². The van der Waals surface area contributed by atoms with Crippen molar-refractivity contribution < 1.29 is 9.53 Å². The molecule has 0 aliphatic carbocycles. The van der Waals surface area contributed by atoms with Crippen LogP contribution in [0.4, 0.5) is 0 Å². The van der Waals surface area contributed by atoms with Crippen LogP contribution in [0.5, 0.6) is 0 Å². The molecule has 0 N–H and O–H groups in total. The highest BCUT2D eigenvalue weighted by molar-refractivity contribution is 5.95. The van der Waals surface area contributed by atoms with Gasteiger partial charge in [-0.2, -0.15) is 0 Å². The molecule has 0 spiro atoms. The van der Waals surface area contributed by atoms with Gasteiger partial charge >= 0.3 is 11.7 Å². The predicted octanol–water partition coefficient (Wildman–Crippen LogP) is 0.425. The van der Waals surface area contributed by atoms with Crippen LogP contribution in [0.1, 0.15) is 10.5 Å². The van der Waals surface area contributed by atoms with Crippen molar-refractivity contribution in [3.05, 3.63) is 40.6 Å². The zero-order chi connectivity index (χ0) is 11.0. The van der Waals surface area contributed by atoms with Crippen LogP contribution in [0.15, 0.2) is 29.2 Å². The third kappa shape index (κ3) is 1.24. The number of esters is 1. The average Bonchev–Trinajstić information content (AvgIpc) is 2.52. The predicted molar refractivity (Wildman–Crippen MR) is 54.0 cm³/mol. The first-order chi connectivity index (χ1) is 7.16. The lowest BCUT2D eigenvalue weighted by atomic mass is 10.3. The van der Waals surface area contributed by atoms with Gasteiger partial charge in [0.15, 0.2) is 5.69 Å². The molecule has 78 valence electrons. The highest BCUT2D eigenvalue weighted by atomic mass is 16.5. The summed E-state index contributed by atoms with van der Waals surface area (Å²) in [4.78, 5) is 23.2. The van der Waals surface area contributed by atoms with Gasteiger partial charge in [-0.15, -0.1) is 0 Å². The van der Waals surface area contributed by atoms with Crippen LogP contribution in [0.3, 0.4) is 0 Å². The number of pyridine rings is 1. The molecule has 0 amide bonds. The molecule has 0 fully saturated rings. The molecule has 0 aliphatic heterocycles.